The third-order valence-electron chi connectivity index (χ3n) is 3.11. The summed E-state index contributed by atoms with van der Waals surface area (Å²) in [6, 6.07) is 9.71. The highest BCUT2D eigenvalue weighted by molar-refractivity contribution is 5.80. The van der Waals surface area contributed by atoms with Gasteiger partial charge < -0.3 is 15.3 Å². The quantitative estimate of drug-likeness (QED) is 0.792. The second kappa shape index (κ2) is 7.67. The fourth-order valence-electron chi connectivity index (χ4n) is 1.98. The zero-order chi connectivity index (χ0) is 15.9. The highest BCUT2D eigenvalue weighted by Gasteiger charge is 2.27. The number of carbonyl (C=O) groups excluding carboxylic acids is 1. The number of urea groups is 1. The largest absolute Gasteiger partial charge is 0.480 e. The molecule has 0 fully saturated rings. The van der Waals surface area contributed by atoms with Crippen molar-refractivity contribution in [3.05, 3.63) is 35.9 Å². The third-order valence-corrected chi connectivity index (χ3v) is 3.11. The van der Waals surface area contributed by atoms with Gasteiger partial charge in [0.2, 0.25) is 0 Å². The summed E-state index contributed by atoms with van der Waals surface area (Å²) < 4.78 is 0. The zero-order valence-corrected chi connectivity index (χ0v) is 12.9. The van der Waals surface area contributed by atoms with Gasteiger partial charge in [0.15, 0.2) is 0 Å². The molecule has 5 nitrogen and oxygen atoms in total. The predicted molar refractivity (Wildman–Crippen MR) is 82.3 cm³/mol. The summed E-state index contributed by atoms with van der Waals surface area (Å²) in [5.74, 6) is -1.01. The molecule has 21 heavy (non-hydrogen) atoms. The van der Waals surface area contributed by atoms with Crippen LogP contribution in [0.5, 0.6) is 0 Å². The first kappa shape index (κ1) is 17.0. The van der Waals surface area contributed by atoms with Gasteiger partial charge in [0.05, 0.1) is 0 Å². The molecule has 0 heterocycles. The van der Waals surface area contributed by atoms with Gasteiger partial charge in [0.1, 0.15) is 6.54 Å². The van der Waals surface area contributed by atoms with Gasteiger partial charge in [0, 0.05) is 12.1 Å². The molecule has 0 aliphatic heterocycles. The van der Waals surface area contributed by atoms with Crippen LogP contribution >= 0.6 is 0 Å². The van der Waals surface area contributed by atoms with Crippen molar-refractivity contribution < 1.29 is 14.7 Å². The first-order valence-corrected chi connectivity index (χ1v) is 7.12. The molecule has 0 atom stereocenters. The highest BCUT2D eigenvalue weighted by atomic mass is 16.4. The Morgan fingerprint density at radius 2 is 1.81 bits per heavy atom. The minimum Gasteiger partial charge on any atom is -0.480 e. The standard InChI is InChI=1S/C16H24N2O3/c1-16(2,3)18(12-14(19)20)15(21)17-11-7-10-13-8-5-4-6-9-13/h4-6,8-9H,7,10-12H2,1-3H3,(H,17,21)(H,19,20). The topological polar surface area (TPSA) is 69.6 Å². The van der Waals surface area contributed by atoms with Crippen molar-refractivity contribution in [2.24, 2.45) is 0 Å². The van der Waals surface area contributed by atoms with Crippen LogP contribution in [0.1, 0.15) is 32.8 Å². The molecule has 2 amide bonds. The molecule has 0 spiro atoms. The van der Waals surface area contributed by atoms with Crippen LogP contribution in [0.4, 0.5) is 4.79 Å². The normalized spacial score (nSPS) is 11.0. The number of hydrogen-bond donors (Lipinski definition) is 2. The molecule has 0 radical (unpaired) electrons. The molecular formula is C16H24N2O3. The average molecular weight is 292 g/mol. The highest BCUT2D eigenvalue weighted by Crippen LogP contribution is 2.13. The molecule has 0 aliphatic rings. The Morgan fingerprint density at radius 3 is 2.33 bits per heavy atom. The van der Waals surface area contributed by atoms with Crippen molar-refractivity contribution in [2.75, 3.05) is 13.1 Å². The molecule has 0 aliphatic carbocycles. The van der Waals surface area contributed by atoms with Crippen LogP contribution < -0.4 is 5.32 Å². The lowest BCUT2D eigenvalue weighted by Crippen LogP contribution is -2.52. The minimum atomic E-state index is -1.01. The minimum absolute atomic E-state index is 0.298. The lowest BCUT2D eigenvalue weighted by molar-refractivity contribution is -0.138. The monoisotopic (exact) mass is 292 g/mol. The summed E-state index contributed by atoms with van der Waals surface area (Å²) in [5.41, 5.74) is 0.701. The first-order chi connectivity index (χ1) is 9.80. The Kier molecular flexibility index (Phi) is 6.21. The zero-order valence-electron chi connectivity index (χ0n) is 12.9. The summed E-state index contributed by atoms with van der Waals surface area (Å²) in [6.07, 6.45) is 1.70. The van der Waals surface area contributed by atoms with Crippen molar-refractivity contribution in [1.82, 2.24) is 10.2 Å². The van der Waals surface area contributed by atoms with E-state index in [0.717, 1.165) is 12.8 Å². The maximum Gasteiger partial charge on any atom is 0.323 e. The Hall–Kier alpha value is -2.04. The molecule has 1 aromatic carbocycles. The number of nitrogens with one attached hydrogen (secondary N) is 1. The van der Waals surface area contributed by atoms with E-state index in [1.807, 2.05) is 51.1 Å². The summed E-state index contributed by atoms with van der Waals surface area (Å²) in [6.45, 7) is 5.69. The van der Waals surface area contributed by atoms with Crippen molar-refractivity contribution in [3.8, 4) is 0 Å². The van der Waals surface area contributed by atoms with E-state index in [0.29, 0.717) is 6.54 Å². The molecule has 2 N–H and O–H groups in total. The van der Waals surface area contributed by atoms with E-state index in [9.17, 15) is 9.59 Å². The van der Waals surface area contributed by atoms with E-state index in [4.69, 9.17) is 5.11 Å². The van der Waals surface area contributed by atoms with Gasteiger partial charge in [-0.25, -0.2) is 4.79 Å². The number of benzene rings is 1. The number of nitrogens with zero attached hydrogens (tertiary/aromatic N) is 1. The lowest BCUT2D eigenvalue weighted by Gasteiger charge is -2.34. The van der Waals surface area contributed by atoms with Crippen LogP contribution in [0, 0.1) is 0 Å². The van der Waals surface area contributed by atoms with Crippen molar-refractivity contribution in [3.63, 3.8) is 0 Å². The number of aliphatic carboxylic acids is 1. The van der Waals surface area contributed by atoms with Crippen molar-refractivity contribution >= 4 is 12.0 Å². The predicted octanol–water partition coefficient (Wildman–Crippen LogP) is 2.51. The van der Waals surface area contributed by atoms with Crippen LogP contribution in [0.25, 0.3) is 0 Å². The van der Waals surface area contributed by atoms with Crippen LogP contribution in [-0.4, -0.2) is 40.6 Å². The summed E-state index contributed by atoms with van der Waals surface area (Å²) in [5, 5.41) is 11.7. The van der Waals surface area contributed by atoms with E-state index in [-0.39, 0.29) is 12.6 Å². The van der Waals surface area contributed by atoms with Gasteiger partial charge in [-0.1, -0.05) is 30.3 Å². The number of carboxylic acids is 1. The van der Waals surface area contributed by atoms with E-state index in [2.05, 4.69) is 5.32 Å². The molecular weight excluding hydrogens is 268 g/mol. The van der Waals surface area contributed by atoms with Crippen LogP contribution in [0.2, 0.25) is 0 Å². The summed E-state index contributed by atoms with van der Waals surface area (Å²) >= 11 is 0. The van der Waals surface area contributed by atoms with Crippen LogP contribution in [-0.2, 0) is 11.2 Å². The molecule has 0 aromatic heterocycles. The van der Waals surface area contributed by atoms with Gasteiger partial charge in [-0.15, -0.1) is 0 Å². The molecule has 0 bridgehead atoms. The number of carbonyl (C=O) groups is 2. The second-order valence-electron chi connectivity index (χ2n) is 5.97. The molecule has 1 rings (SSSR count). The van der Waals surface area contributed by atoms with Crippen LogP contribution in [0.15, 0.2) is 30.3 Å². The van der Waals surface area contributed by atoms with Gasteiger partial charge >= 0.3 is 12.0 Å². The van der Waals surface area contributed by atoms with E-state index < -0.39 is 11.5 Å². The second-order valence-corrected chi connectivity index (χ2v) is 5.97. The maximum absolute atomic E-state index is 12.1. The smallest absolute Gasteiger partial charge is 0.323 e. The van der Waals surface area contributed by atoms with Gasteiger partial charge in [0.25, 0.3) is 0 Å². The van der Waals surface area contributed by atoms with Gasteiger partial charge in [-0.2, -0.15) is 0 Å². The van der Waals surface area contributed by atoms with Crippen molar-refractivity contribution in [2.45, 2.75) is 39.2 Å². The molecule has 0 saturated carbocycles. The number of amides is 2. The Morgan fingerprint density at radius 1 is 1.19 bits per heavy atom. The average Bonchev–Trinajstić information content (AvgIpc) is 2.40. The first-order valence-electron chi connectivity index (χ1n) is 7.12. The van der Waals surface area contributed by atoms with E-state index in [1.54, 1.807) is 0 Å². The molecule has 0 saturated heterocycles. The van der Waals surface area contributed by atoms with Crippen LogP contribution in [0.3, 0.4) is 0 Å². The number of hydrogen-bond acceptors (Lipinski definition) is 2. The van der Waals surface area contributed by atoms with E-state index >= 15 is 0 Å². The summed E-state index contributed by atoms with van der Waals surface area (Å²) in [4.78, 5) is 24.3. The number of rotatable bonds is 6. The fourth-order valence-corrected chi connectivity index (χ4v) is 1.98. The van der Waals surface area contributed by atoms with Gasteiger partial charge in [-0.3, -0.25) is 4.79 Å². The number of aryl methyl sites for hydroxylation is 1. The Balaban J connectivity index is 2.42. The molecule has 0 unspecified atom stereocenters. The maximum atomic E-state index is 12.1. The number of carboxylic acid groups (broad SMARTS) is 1. The lowest BCUT2D eigenvalue weighted by atomic mass is 10.1. The third kappa shape index (κ3) is 6.29. The van der Waals surface area contributed by atoms with Gasteiger partial charge in [-0.05, 0) is 39.2 Å². The molecule has 1 aromatic rings. The molecule has 5 heteroatoms. The Bertz CT molecular complexity index is 466. The molecule has 116 valence electrons. The SMILES string of the molecule is CC(C)(C)N(CC(=O)O)C(=O)NCCCc1ccccc1. The summed E-state index contributed by atoms with van der Waals surface area (Å²) in [7, 11) is 0. The van der Waals surface area contributed by atoms with E-state index in [1.165, 1.54) is 10.5 Å². The Labute approximate surface area is 126 Å². The van der Waals surface area contributed by atoms with Crippen molar-refractivity contribution in [1.29, 1.82) is 0 Å². The fraction of sp³-hybridized carbons (Fsp3) is 0.500.